The predicted octanol–water partition coefficient (Wildman–Crippen LogP) is 4.24. The van der Waals surface area contributed by atoms with Gasteiger partial charge in [-0.1, -0.05) is 48.5 Å². The van der Waals surface area contributed by atoms with Gasteiger partial charge in [0.15, 0.2) is 6.10 Å². The number of esters is 1. The van der Waals surface area contributed by atoms with E-state index in [1.165, 1.54) is 6.20 Å². The van der Waals surface area contributed by atoms with Crippen molar-refractivity contribution in [3.63, 3.8) is 0 Å². The van der Waals surface area contributed by atoms with Crippen LogP contribution in [0, 0.1) is 6.92 Å². The second kappa shape index (κ2) is 8.27. The number of benzene rings is 2. The molecule has 0 saturated carbocycles. The summed E-state index contributed by atoms with van der Waals surface area (Å²) in [5, 5.41) is 2.84. The molecule has 0 aliphatic heterocycles. The molecule has 136 valence electrons. The Hall–Kier alpha value is -3.47. The molecule has 1 atom stereocenters. The van der Waals surface area contributed by atoms with Crippen molar-refractivity contribution < 1.29 is 14.3 Å². The van der Waals surface area contributed by atoms with Gasteiger partial charge in [-0.3, -0.25) is 9.78 Å². The molecule has 0 aliphatic carbocycles. The topological polar surface area (TPSA) is 68.3 Å². The number of pyridine rings is 1. The summed E-state index contributed by atoms with van der Waals surface area (Å²) < 4.78 is 5.26. The molecule has 0 spiro atoms. The average Bonchev–Trinajstić information content (AvgIpc) is 2.69. The number of rotatable bonds is 5. The van der Waals surface area contributed by atoms with E-state index in [1.807, 2.05) is 61.5 Å². The Kier molecular flexibility index (Phi) is 5.61. The SMILES string of the molecule is Cc1ccc(C(=O)OC(C)C(=O)Nc2ccccc2-c2ccccc2)cn1. The summed E-state index contributed by atoms with van der Waals surface area (Å²) in [6.45, 7) is 3.37. The van der Waals surface area contributed by atoms with Crippen LogP contribution in [0.15, 0.2) is 72.9 Å². The average molecular weight is 360 g/mol. The highest BCUT2D eigenvalue weighted by atomic mass is 16.5. The van der Waals surface area contributed by atoms with Crippen LogP contribution in [-0.2, 0) is 9.53 Å². The van der Waals surface area contributed by atoms with Gasteiger partial charge >= 0.3 is 5.97 Å². The number of nitrogens with one attached hydrogen (secondary N) is 1. The molecule has 1 aromatic heterocycles. The predicted molar refractivity (Wildman–Crippen MR) is 104 cm³/mol. The maximum absolute atomic E-state index is 12.5. The van der Waals surface area contributed by atoms with Gasteiger partial charge in [0, 0.05) is 23.1 Å². The van der Waals surface area contributed by atoms with Crippen molar-refractivity contribution in [2.24, 2.45) is 0 Å². The van der Waals surface area contributed by atoms with Crippen LogP contribution in [0.3, 0.4) is 0 Å². The summed E-state index contributed by atoms with van der Waals surface area (Å²) in [6, 6.07) is 20.6. The number of nitrogens with zero attached hydrogens (tertiary/aromatic N) is 1. The summed E-state index contributed by atoms with van der Waals surface area (Å²) in [6.07, 6.45) is 0.495. The van der Waals surface area contributed by atoms with Gasteiger partial charge in [-0.2, -0.15) is 0 Å². The molecule has 1 heterocycles. The molecular formula is C22H20N2O3. The Bertz CT molecular complexity index is 937. The molecule has 0 saturated heterocycles. The number of para-hydroxylation sites is 1. The van der Waals surface area contributed by atoms with Crippen LogP contribution in [0.5, 0.6) is 0 Å². The number of hydrogen-bond acceptors (Lipinski definition) is 4. The first kappa shape index (κ1) is 18.3. The Morgan fingerprint density at radius 1 is 0.963 bits per heavy atom. The van der Waals surface area contributed by atoms with Gasteiger partial charge in [-0.25, -0.2) is 4.79 Å². The highest BCUT2D eigenvalue weighted by Crippen LogP contribution is 2.27. The number of carbonyl (C=O) groups excluding carboxylic acids is 2. The summed E-state index contributed by atoms with van der Waals surface area (Å²) in [5.41, 5.74) is 3.66. The molecule has 27 heavy (non-hydrogen) atoms. The molecule has 1 N–H and O–H groups in total. The third-order valence-electron chi connectivity index (χ3n) is 4.07. The number of hydrogen-bond donors (Lipinski definition) is 1. The van der Waals surface area contributed by atoms with Crippen molar-refractivity contribution >= 4 is 17.6 Å². The van der Waals surface area contributed by atoms with Crippen LogP contribution >= 0.6 is 0 Å². The van der Waals surface area contributed by atoms with Crippen LogP contribution in [0.2, 0.25) is 0 Å². The lowest BCUT2D eigenvalue weighted by molar-refractivity contribution is -0.123. The van der Waals surface area contributed by atoms with Gasteiger partial charge in [-0.15, -0.1) is 0 Å². The first-order valence-electron chi connectivity index (χ1n) is 8.63. The normalized spacial score (nSPS) is 11.5. The Morgan fingerprint density at radius 2 is 1.67 bits per heavy atom. The van der Waals surface area contributed by atoms with Crippen LogP contribution in [-0.4, -0.2) is 23.0 Å². The van der Waals surface area contributed by atoms with Crippen molar-refractivity contribution in [3.8, 4) is 11.1 Å². The molecule has 0 fully saturated rings. The molecule has 5 nitrogen and oxygen atoms in total. The lowest BCUT2D eigenvalue weighted by atomic mass is 10.0. The van der Waals surface area contributed by atoms with E-state index in [0.29, 0.717) is 11.3 Å². The van der Waals surface area contributed by atoms with Gasteiger partial charge in [0.05, 0.1) is 5.56 Å². The van der Waals surface area contributed by atoms with Crippen LogP contribution < -0.4 is 5.32 Å². The van der Waals surface area contributed by atoms with Crippen molar-refractivity contribution in [3.05, 3.63) is 84.2 Å². The molecule has 0 aliphatic rings. The maximum atomic E-state index is 12.5. The fourth-order valence-corrected chi connectivity index (χ4v) is 2.57. The minimum Gasteiger partial charge on any atom is -0.449 e. The van der Waals surface area contributed by atoms with E-state index in [1.54, 1.807) is 19.1 Å². The van der Waals surface area contributed by atoms with Crippen molar-refractivity contribution in [1.82, 2.24) is 4.98 Å². The monoisotopic (exact) mass is 360 g/mol. The zero-order valence-electron chi connectivity index (χ0n) is 15.2. The molecule has 1 amide bonds. The molecule has 2 aromatic carbocycles. The van der Waals surface area contributed by atoms with Gasteiger partial charge in [0.2, 0.25) is 0 Å². The number of ether oxygens (including phenoxy) is 1. The minimum atomic E-state index is -0.942. The third kappa shape index (κ3) is 4.58. The largest absolute Gasteiger partial charge is 0.449 e. The third-order valence-corrected chi connectivity index (χ3v) is 4.07. The summed E-state index contributed by atoms with van der Waals surface area (Å²) in [4.78, 5) is 28.7. The Morgan fingerprint density at radius 3 is 2.37 bits per heavy atom. The quantitative estimate of drug-likeness (QED) is 0.691. The minimum absolute atomic E-state index is 0.310. The van der Waals surface area contributed by atoms with E-state index in [0.717, 1.165) is 16.8 Å². The first-order chi connectivity index (χ1) is 13.0. The van der Waals surface area contributed by atoms with E-state index in [4.69, 9.17) is 4.74 Å². The molecule has 3 rings (SSSR count). The van der Waals surface area contributed by atoms with Crippen LogP contribution in [0.25, 0.3) is 11.1 Å². The summed E-state index contributed by atoms with van der Waals surface area (Å²) in [5.74, 6) is -0.978. The zero-order chi connectivity index (χ0) is 19.2. The first-order valence-corrected chi connectivity index (χ1v) is 8.63. The van der Waals surface area contributed by atoms with Gasteiger partial charge < -0.3 is 10.1 Å². The van der Waals surface area contributed by atoms with E-state index < -0.39 is 18.0 Å². The fraction of sp³-hybridized carbons (Fsp3) is 0.136. The highest BCUT2D eigenvalue weighted by Gasteiger charge is 2.20. The number of carbonyl (C=O) groups is 2. The highest BCUT2D eigenvalue weighted by molar-refractivity contribution is 5.99. The van der Waals surface area contributed by atoms with E-state index in [-0.39, 0.29) is 0 Å². The second-order valence-electron chi connectivity index (χ2n) is 6.14. The summed E-state index contributed by atoms with van der Waals surface area (Å²) in [7, 11) is 0. The standard InChI is InChI=1S/C22H20N2O3/c1-15-12-13-18(14-23-15)22(26)27-16(2)21(25)24-20-11-7-6-10-19(20)17-8-4-3-5-9-17/h3-14,16H,1-2H3,(H,24,25). The molecule has 1 unspecified atom stereocenters. The number of anilines is 1. The zero-order valence-corrected chi connectivity index (χ0v) is 15.2. The van der Waals surface area contributed by atoms with Gasteiger partial charge in [-0.05, 0) is 37.6 Å². The number of aromatic nitrogens is 1. The van der Waals surface area contributed by atoms with Crippen molar-refractivity contribution in [2.75, 3.05) is 5.32 Å². The van der Waals surface area contributed by atoms with Crippen molar-refractivity contribution in [1.29, 1.82) is 0 Å². The molecule has 5 heteroatoms. The van der Waals surface area contributed by atoms with E-state index in [9.17, 15) is 9.59 Å². The number of aryl methyl sites for hydroxylation is 1. The fourth-order valence-electron chi connectivity index (χ4n) is 2.57. The van der Waals surface area contributed by atoms with E-state index in [2.05, 4.69) is 10.3 Å². The molecule has 0 radical (unpaired) electrons. The Balaban J connectivity index is 1.70. The molecular weight excluding hydrogens is 340 g/mol. The van der Waals surface area contributed by atoms with E-state index >= 15 is 0 Å². The number of amides is 1. The molecule has 0 bridgehead atoms. The smallest absolute Gasteiger partial charge is 0.340 e. The Labute approximate surface area is 158 Å². The lowest BCUT2D eigenvalue weighted by Gasteiger charge is -2.16. The maximum Gasteiger partial charge on any atom is 0.340 e. The van der Waals surface area contributed by atoms with Crippen molar-refractivity contribution in [2.45, 2.75) is 20.0 Å². The van der Waals surface area contributed by atoms with Gasteiger partial charge in [0.1, 0.15) is 0 Å². The lowest BCUT2D eigenvalue weighted by Crippen LogP contribution is -2.30. The second-order valence-corrected chi connectivity index (χ2v) is 6.14. The van der Waals surface area contributed by atoms with Crippen LogP contribution in [0.4, 0.5) is 5.69 Å². The van der Waals surface area contributed by atoms with Crippen LogP contribution in [0.1, 0.15) is 23.0 Å². The molecule has 3 aromatic rings. The van der Waals surface area contributed by atoms with Gasteiger partial charge in [0.25, 0.3) is 5.91 Å². The summed E-state index contributed by atoms with van der Waals surface area (Å²) >= 11 is 0.